The maximum Gasteiger partial charge on any atom is 0.132 e. The van der Waals surface area contributed by atoms with Gasteiger partial charge in [-0.2, -0.15) is 0 Å². The number of hydrogen-bond acceptors (Lipinski definition) is 3. The third kappa shape index (κ3) is 3.48. The fraction of sp³-hybridized carbons (Fsp3) is 0.444. The highest BCUT2D eigenvalue weighted by molar-refractivity contribution is 5.25. The number of nitrogens with one attached hydrogen (secondary N) is 1. The van der Waals surface area contributed by atoms with Gasteiger partial charge in [-0.25, -0.2) is 9.97 Å². The molecule has 3 rings (SSSR count). The van der Waals surface area contributed by atoms with Crippen LogP contribution in [-0.4, -0.2) is 16.5 Å². The molecule has 1 aromatic heterocycles. The van der Waals surface area contributed by atoms with Gasteiger partial charge in [0.1, 0.15) is 5.82 Å². The zero-order valence-corrected chi connectivity index (χ0v) is 12.7. The van der Waals surface area contributed by atoms with Crippen LogP contribution in [0.5, 0.6) is 0 Å². The van der Waals surface area contributed by atoms with Crippen molar-refractivity contribution < 1.29 is 0 Å². The third-order valence-corrected chi connectivity index (χ3v) is 4.14. The molecule has 1 aliphatic rings. The SMILES string of the molecule is CCNC1CCCCc2nc(Cc3ccccc3)ncc21. The van der Waals surface area contributed by atoms with Crippen LogP contribution in [0.15, 0.2) is 36.5 Å². The quantitative estimate of drug-likeness (QED) is 0.872. The molecule has 3 nitrogen and oxygen atoms in total. The van der Waals surface area contributed by atoms with Gasteiger partial charge in [0.05, 0.1) is 0 Å². The average molecular weight is 281 g/mol. The summed E-state index contributed by atoms with van der Waals surface area (Å²) in [5.41, 5.74) is 3.83. The Kier molecular flexibility index (Phi) is 4.61. The molecule has 1 atom stereocenters. The van der Waals surface area contributed by atoms with Gasteiger partial charge >= 0.3 is 0 Å². The van der Waals surface area contributed by atoms with Crippen molar-refractivity contribution in [3.8, 4) is 0 Å². The topological polar surface area (TPSA) is 37.8 Å². The highest BCUT2D eigenvalue weighted by Gasteiger charge is 2.19. The molecule has 0 bridgehead atoms. The van der Waals surface area contributed by atoms with Gasteiger partial charge in [0.2, 0.25) is 0 Å². The van der Waals surface area contributed by atoms with E-state index in [1.54, 1.807) is 0 Å². The monoisotopic (exact) mass is 281 g/mol. The van der Waals surface area contributed by atoms with Gasteiger partial charge in [-0.1, -0.05) is 43.7 Å². The molecule has 0 saturated carbocycles. The summed E-state index contributed by atoms with van der Waals surface area (Å²) in [5, 5.41) is 3.57. The molecule has 1 aliphatic carbocycles. The lowest BCUT2D eigenvalue weighted by molar-refractivity contribution is 0.502. The lowest BCUT2D eigenvalue weighted by Gasteiger charge is -2.17. The van der Waals surface area contributed by atoms with Crippen molar-refractivity contribution in [3.05, 3.63) is 59.2 Å². The molecule has 0 fully saturated rings. The van der Waals surface area contributed by atoms with Crippen LogP contribution in [0.25, 0.3) is 0 Å². The molecule has 2 aromatic rings. The molecular weight excluding hydrogens is 258 g/mol. The van der Waals surface area contributed by atoms with Gasteiger partial charge in [-0.3, -0.25) is 0 Å². The molecule has 0 spiro atoms. The predicted molar refractivity (Wildman–Crippen MR) is 85.3 cm³/mol. The van der Waals surface area contributed by atoms with E-state index in [4.69, 9.17) is 4.98 Å². The largest absolute Gasteiger partial charge is 0.310 e. The predicted octanol–water partition coefficient (Wildman–Crippen LogP) is 3.44. The second-order valence-corrected chi connectivity index (χ2v) is 5.71. The summed E-state index contributed by atoms with van der Waals surface area (Å²) in [4.78, 5) is 9.46. The lowest BCUT2D eigenvalue weighted by Crippen LogP contribution is -2.22. The molecule has 0 radical (unpaired) electrons. The van der Waals surface area contributed by atoms with Crippen LogP contribution in [0.3, 0.4) is 0 Å². The van der Waals surface area contributed by atoms with Crippen LogP contribution in [0.2, 0.25) is 0 Å². The molecule has 110 valence electrons. The second kappa shape index (κ2) is 6.81. The zero-order chi connectivity index (χ0) is 14.5. The minimum atomic E-state index is 0.429. The number of rotatable bonds is 4. The van der Waals surface area contributed by atoms with Gasteiger partial charge in [0.15, 0.2) is 0 Å². The summed E-state index contributed by atoms with van der Waals surface area (Å²) in [6.07, 6.45) is 7.65. The maximum absolute atomic E-state index is 4.85. The molecule has 1 unspecified atom stereocenters. The van der Waals surface area contributed by atoms with Gasteiger partial charge in [-0.15, -0.1) is 0 Å². The van der Waals surface area contributed by atoms with Crippen molar-refractivity contribution >= 4 is 0 Å². The zero-order valence-electron chi connectivity index (χ0n) is 12.7. The van der Waals surface area contributed by atoms with Crippen LogP contribution in [0, 0.1) is 0 Å². The Balaban J connectivity index is 1.84. The van der Waals surface area contributed by atoms with Crippen molar-refractivity contribution in [1.29, 1.82) is 0 Å². The number of fused-ring (bicyclic) bond motifs is 1. The van der Waals surface area contributed by atoms with Crippen molar-refractivity contribution in [1.82, 2.24) is 15.3 Å². The first-order valence-electron chi connectivity index (χ1n) is 7.99. The number of aryl methyl sites for hydroxylation is 1. The molecule has 3 heteroatoms. The van der Waals surface area contributed by atoms with E-state index in [1.807, 2.05) is 6.07 Å². The number of hydrogen-bond donors (Lipinski definition) is 1. The Morgan fingerprint density at radius 3 is 2.86 bits per heavy atom. The van der Waals surface area contributed by atoms with E-state index < -0.39 is 0 Å². The van der Waals surface area contributed by atoms with Crippen LogP contribution in [0.4, 0.5) is 0 Å². The summed E-state index contributed by atoms with van der Waals surface area (Å²) in [6.45, 7) is 3.16. The standard InChI is InChI=1S/C18H23N3/c1-2-19-16-10-6-7-11-17-15(16)13-20-18(21-17)12-14-8-4-3-5-9-14/h3-5,8-9,13,16,19H,2,6-7,10-12H2,1H3. The Morgan fingerprint density at radius 1 is 1.19 bits per heavy atom. The molecule has 1 heterocycles. The van der Waals surface area contributed by atoms with E-state index in [-0.39, 0.29) is 0 Å². The minimum Gasteiger partial charge on any atom is -0.310 e. The molecular formula is C18H23N3. The Labute approximate surface area is 126 Å². The Bertz CT molecular complexity index is 580. The Morgan fingerprint density at radius 2 is 2.05 bits per heavy atom. The molecule has 21 heavy (non-hydrogen) atoms. The number of benzene rings is 1. The van der Waals surface area contributed by atoms with Crippen molar-refractivity contribution in [2.75, 3.05) is 6.54 Å². The van der Waals surface area contributed by atoms with E-state index in [2.05, 4.69) is 47.7 Å². The van der Waals surface area contributed by atoms with Gasteiger partial charge in [0.25, 0.3) is 0 Å². The van der Waals surface area contributed by atoms with E-state index in [9.17, 15) is 0 Å². The van der Waals surface area contributed by atoms with Gasteiger partial charge in [-0.05, 0) is 31.4 Å². The smallest absolute Gasteiger partial charge is 0.132 e. The van der Waals surface area contributed by atoms with E-state index in [0.29, 0.717) is 6.04 Å². The first-order chi connectivity index (χ1) is 10.4. The van der Waals surface area contributed by atoms with Crippen molar-refractivity contribution in [2.24, 2.45) is 0 Å². The van der Waals surface area contributed by atoms with Gasteiger partial charge < -0.3 is 5.32 Å². The summed E-state index contributed by atoms with van der Waals surface area (Å²) < 4.78 is 0. The van der Waals surface area contributed by atoms with E-state index >= 15 is 0 Å². The highest BCUT2D eigenvalue weighted by Crippen LogP contribution is 2.27. The molecule has 1 N–H and O–H groups in total. The van der Waals surface area contributed by atoms with Crippen molar-refractivity contribution in [3.63, 3.8) is 0 Å². The molecule has 0 saturated heterocycles. The summed E-state index contributed by atoms with van der Waals surface area (Å²) in [7, 11) is 0. The Hall–Kier alpha value is -1.74. The fourth-order valence-corrected chi connectivity index (χ4v) is 3.08. The first-order valence-corrected chi connectivity index (χ1v) is 7.99. The number of aromatic nitrogens is 2. The van der Waals surface area contributed by atoms with Gasteiger partial charge in [0, 0.05) is 29.9 Å². The minimum absolute atomic E-state index is 0.429. The van der Waals surface area contributed by atoms with Crippen LogP contribution in [-0.2, 0) is 12.8 Å². The molecule has 1 aromatic carbocycles. The second-order valence-electron chi connectivity index (χ2n) is 5.71. The summed E-state index contributed by atoms with van der Waals surface area (Å²) in [6, 6.07) is 10.9. The van der Waals surface area contributed by atoms with E-state index in [0.717, 1.165) is 25.2 Å². The summed E-state index contributed by atoms with van der Waals surface area (Å²) in [5.74, 6) is 0.942. The molecule has 0 amide bonds. The van der Waals surface area contributed by atoms with Crippen LogP contribution < -0.4 is 5.32 Å². The van der Waals surface area contributed by atoms with Crippen LogP contribution >= 0.6 is 0 Å². The average Bonchev–Trinajstić information content (AvgIpc) is 2.71. The normalized spacial score (nSPS) is 18.0. The summed E-state index contributed by atoms with van der Waals surface area (Å²) >= 11 is 0. The lowest BCUT2D eigenvalue weighted by atomic mass is 10.0. The number of nitrogens with zero attached hydrogens (tertiary/aromatic N) is 2. The highest BCUT2D eigenvalue weighted by atomic mass is 14.9. The third-order valence-electron chi connectivity index (χ3n) is 4.14. The fourth-order valence-electron chi connectivity index (χ4n) is 3.08. The maximum atomic E-state index is 4.85. The first kappa shape index (κ1) is 14.2. The van der Waals surface area contributed by atoms with Crippen LogP contribution in [0.1, 0.15) is 54.9 Å². The van der Waals surface area contributed by atoms with E-state index in [1.165, 1.54) is 36.1 Å². The van der Waals surface area contributed by atoms with Crippen molar-refractivity contribution in [2.45, 2.75) is 45.1 Å². The molecule has 0 aliphatic heterocycles.